The molecule has 2 rings (SSSR count). The molecule has 1 fully saturated rings. The SMILES string of the molecule is C#CCNC(=O)COC(=O)[C@@H]1CC(O)CN1S(=O)(=O)c1ccc(C)c(C)c1. The van der Waals surface area contributed by atoms with Gasteiger partial charge in [0, 0.05) is 13.0 Å². The number of hydrogen-bond donors (Lipinski definition) is 2. The second kappa shape index (κ2) is 8.52. The second-order valence-electron chi connectivity index (χ2n) is 6.31. The highest BCUT2D eigenvalue weighted by molar-refractivity contribution is 7.89. The lowest BCUT2D eigenvalue weighted by atomic mass is 10.1. The summed E-state index contributed by atoms with van der Waals surface area (Å²) in [5.41, 5.74) is 1.73. The van der Waals surface area contributed by atoms with Crippen molar-refractivity contribution >= 4 is 21.9 Å². The van der Waals surface area contributed by atoms with E-state index in [1.165, 1.54) is 12.1 Å². The fraction of sp³-hybridized carbons (Fsp3) is 0.444. The molecule has 1 aliphatic rings. The molecule has 0 saturated carbocycles. The van der Waals surface area contributed by atoms with E-state index in [0.717, 1.165) is 15.4 Å². The van der Waals surface area contributed by atoms with Gasteiger partial charge in [-0.3, -0.25) is 9.59 Å². The summed E-state index contributed by atoms with van der Waals surface area (Å²) in [6.07, 6.45) is 3.91. The van der Waals surface area contributed by atoms with Gasteiger partial charge >= 0.3 is 5.97 Å². The van der Waals surface area contributed by atoms with Crippen molar-refractivity contribution in [1.29, 1.82) is 0 Å². The number of aliphatic hydroxyl groups excluding tert-OH is 1. The van der Waals surface area contributed by atoms with Crippen molar-refractivity contribution in [1.82, 2.24) is 9.62 Å². The number of nitrogens with one attached hydrogen (secondary N) is 1. The summed E-state index contributed by atoms with van der Waals surface area (Å²) in [5.74, 6) is 0.720. The van der Waals surface area contributed by atoms with Gasteiger partial charge in [-0.1, -0.05) is 12.0 Å². The van der Waals surface area contributed by atoms with E-state index in [9.17, 15) is 23.1 Å². The highest BCUT2D eigenvalue weighted by Crippen LogP contribution is 2.28. The number of nitrogens with zero attached hydrogens (tertiary/aromatic N) is 1. The summed E-state index contributed by atoms with van der Waals surface area (Å²) in [6.45, 7) is 2.83. The summed E-state index contributed by atoms with van der Waals surface area (Å²) < 4.78 is 31.7. The largest absolute Gasteiger partial charge is 0.454 e. The van der Waals surface area contributed by atoms with E-state index in [4.69, 9.17) is 11.2 Å². The molecule has 8 nitrogen and oxygen atoms in total. The van der Waals surface area contributed by atoms with Crippen LogP contribution in [0.15, 0.2) is 23.1 Å². The van der Waals surface area contributed by atoms with Gasteiger partial charge in [0.05, 0.1) is 17.5 Å². The molecule has 1 saturated heterocycles. The Bertz CT molecular complexity index is 874. The van der Waals surface area contributed by atoms with Crippen molar-refractivity contribution in [2.45, 2.75) is 37.3 Å². The number of terminal acetylenes is 1. The third kappa shape index (κ3) is 4.86. The number of benzene rings is 1. The number of amides is 1. The van der Waals surface area contributed by atoms with Crippen LogP contribution in [0.4, 0.5) is 0 Å². The molecule has 2 N–H and O–H groups in total. The minimum Gasteiger partial charge on any atom is -0.454 e. The molecule has 0 radical (unpaired) electrons. The van der Waals surface area contributed by atoms with Gasteiger partial charge in [0.1, 0.15) is 6.04 Å². The molecule has 0 spiro atoms. The molecule has 146 valence electrons. The van der Waals surface area contributed by atoms with Crippen LogP contribution < -0.4 is 5.32 Å². The first-order chi connectivity index (χ1) is 12.7. The molecule has 2 atom stereocenters. The Morgan fingerprint density at radius 3 is 2.70 bits per heavy atom. The average Bonchev–Trinajstić information content (AvgIpc) is 3.02. The third-order valence-corrected chi connectivity index (χ3v) is 6.19. The number of carbonyl (C=O) groups is 2. The molecular formula is C18H22N2O6S. The third-order valence-electron chi connectivity index (χ3n) is 4.32. The lowest BCUT2D eigenvalue weighted by Crippen LogP contribution is -2.42. The second-order valence-corrected chi connectivity index (χ2v) is 8.21. The molecule has 1 aromatic carbocycles. The standard InChI is InChI=1S/C18H22N2O6S/c1-4-7-19-17(22)11-26-18(23)16-9-14(21)10-20(16)27(24,25)15-6-5-12(2)13(3)8-15/h1,5-6,8,14,16,21H,7,9-11H2,2-3H3,(H,19,22)/t14?,16-/m0/s1. The first kappa shape index (κ1) is 20.9. The number of rotatable bonds is 6. The van der Waals surface area contributed by atoms with E-state index < -0.39 is 40.7 Å². The molecule has 9 heteroatoms. The Hall–Kier alpha value is -2.41. The van der Waals surface area contributed by atoms with Crippen LogP contribution in [0.25, 0.3) is 0 Å². The normalized spacial score (nSPS) is 20.1. The van der Waals surface area contributed by atoms with Gasteiger partial charge in [-0.25, -0.2) is 8.42 Å². The van der Waals surface area contributed by atoms with Crippen LogP contribution in [0.2, 0.25) is 0 Å². The molecular weight excluding hydrogens is 372 g/mol. The van der Waals surface area contributed by atoms with E-state index in [2.05, 4.69) is 11.2 Å². The Morgan fingerprint density at radius 2 is 2.07 bits per heavy atom. The molecule has 1 aliphatic heterocycles. The van der Waals surface area contributed by atoms with Crippen molar-refractivity contribution in [2.75, 3.05) is 19.7 Å². The van der Waals surface area contributed by atoms with Crippen molar-refractivity contribution in [2.24, 2.45) is 0 Å². The van der Waals surface area contributed by atoms with E-state index in [1.807, 2.05) is 6.92 Å². The topological polar surface area (TPSA) is 113 Å². The van der Waals surface area contributed by atoms with E-state index in [-0.39, 0.29) is 24.4 Å². The predicted octanol–water partition coefficient (Wildman–Crippen LogP) is -0.280. The quantitative estimate of drug-likeness (QED) is 0.507. The maximum Gasteiger partial charge on any atom is 0.325 e. The zero-order valence-corrected chi connectivity index (χ0v) is 16.0. The van der Waals surface area contributed by atoms with Gasteiger partial charge in [0.25, 0.3) is 5.91 Å². The number of aliphatic hydroxyl groups is 1. The summed E-state index contributed by atoms with van der Waals surface area (Å²) in [7, 11) is -4.01. The zero-order chi connectivity index (χ0) is 20.2. The maximum absolute atomic E-state index is 12.9. The molecule has 0 aromatic heterocycles. The summed E-state index contributed by atoms with van der Waals surface area (Å²) in [4.78, 5) is 23.8. The fourth-order valence-corrected chi connectivity index (χ4v) is 4.42. The van der Waals surface area contributed by atoms with Gasteiger partial charge in [0.15, 0.2) is 6.61 Å². The molecule has 0 aliphatic carbocycles. The number of esters is 1. The van der Waals surface area contributed by atoms with Crippen LogP contribution in [0, 0.1) is 26.2 Å². The predicted molar refractivity (Wildman–Crippen MR) is 97.0 cm³/mol. The van der Waals surface area contributed by atoms with E-state index in [1.54, 1.807) is 13.0 Å². The maximum atomic E-state index is 12.9. The number of aryl methyl sites for hydroxylation is 2. The van der Waals surface area contributed by atoms with E-state index in [0.29, 0.717) is 0 Å². The molecule has 0 bridgehead atoms. The lowest BCUT2D eigenvalue weighted by Gasteiger charge is -2.22. The fourth-order valence-electron chi connectivity index (χ4n) is 2.71. The van der Waals surface area contributed by atoms with Crippen molar-refractivity contribution < 1.29 is 27.9 Å². The zero-order valence-electron chi connectivity index (χ0n) is 15.1. The summed E-state index contributed by atoms with van der Waals surface area (Å²) in [6, 6.07) is 3.45. The smallest absolute Gasteiger partial charge is 0.325 e. The van der Waals surface area contributed by atoms with Crippen LogP contribution in [0.1, 0.15) is 17.5 Å². The Labute approximate surface area is 158 Å². The molecule has 1 heterocycles. The minimum atomic E-state index is -4.01. The molecule has 1 unspecified atom stereocenters. The van der Waals surface area contributed by atoms with Crippen molar-refractivity contribution in [3.05, 3.63) is 29.3 Å². The van der Waals surface area contributed by atoms with Crippen LogP contribution >= 0.6 is 0 Å². The van der Waals surface area contributed by atoms with Crippen molar-refractivity contribution in [3.63, 3.8) is 0 Å². The van der Waals surface area contributed by atoms with Crippen LogP contribution in [-0.4, -0.2) is 61.5 Å². The van der Waals surface area contributed by atoms with E-state index >= 15 is 0 Å². The van der Waals surface area contributed by atoms with Crippen LogP contribution in [0.5, 0.6) is 0 Å². The highest BCUT2D eigenvalue weighted by Gasteiger charge is 2.44. The first-order valence-corrected chi connectivity index (χ1v) is 9.74. The van der Waals surface area contributed by atoms with Gasteiger partial charge in [0.2, 0.25) is 10.0 Å². The highest BCUT2D eigenvalue weighted by atomic mass is 32.2. The van der Waals surface area contributed by atoms with Gasteiger partial charge in [-0.15, -0.1) is 6.42 Å². The first-order valence-electron chi connectivity index (χ1n) is 8.30. The van der Waals surface area contributed by atoms with Gasteiger partial charge < -0.3 is 15.2 Å². The minimum absolute atomic E-state index is 0.00813. The van der Waals surface area contributed by atoms with Crippen molar-refractivity contribution in [3.8, 4) is 12.3 Å². The number of hydrogen-bond acceptors (Lipinski definition) is 6. The van der Waals surface area contributed by atoms with Crippen LogP contribution in [-0.2, 0) is 24.3 Å². The molecule has 1 aromatic rings. The monoisotopic (exact) mass is 394 g/mol. The summed E-state index contributed by atoms with van der Waals surface area (Å²) >= 11 is 0. The summed E-state index contributed by atoms with van der Waals surface area (Å²) in [5, 5.41) is 12.2. The Balaban J connectivity index is 2.17. The van der Waals surface area contributed by atoms with Gasteiger partial charge in [-0.2, -0.15) is 4.31 Å². The number of β-amino-alcohol motifs (C(OH)–C–C–N with tert-alkyl or cyclic N) is 1. The number of carbonyl (C=O) groups excluding carboxylic acids is 2. The number of sulfonamides is 1. The van der Waals surface area contributed by atoms with Gasteiger partial charge in [-0.05, 0) is 37.1 Å². The van der Waals surface area contributed by atoms with Crippen LogP contribution in [0.3, 0.4) is 0 Å². The number of ether oxygens (including phenoxy) is 1. The Morgan fingerprint density at radius 1 is 1.37 bits per heavy atom. The lowest BCUT2D eigenvalue weighted by molar-refractivity contribution is -0.151. The molecule has 27 heavy (non-hydrogen) atoms. The Kier molecular flexibility index (Phi) is 6.59. The molecule has 1 amide bonds. The average molecular weight is 394 g/mol.